The Morgan fingerprint density at radius 2 is 2.06 bits per heavy atom. The minimum atomic E-state index is -1.62. The van der Waals surface area contributed by atoms with Crippen molar-refractivity contribution in [1.29, 1.82) is 0 Å². The predicted octanol–water partition coefficient (Wildman–Crippen LogP) is -0.970. The maximum Gasteiger partial charge on any atom is 0.334 e. The van der Waals surface area contributed by atoms with Crippen LogP contribution in [-0.2, 0) is 11.3 Å². The molecule has 98 valence electrons. The molecule has 1 atom stereocenters. The summed E-state index contributed by atoms with van der Waals surface area (Å²) in [6.07, 6.45) is 1.49. The number of carbonyl (C=O) groups is 2. The molecule has 0 bridgehead atoms. The van der Waals surface area contributed by atoms with Gasteiger partial charge in [-0.05, 0) is 6.92 Å². The minimum absolute atomic E-state index is 0.169. The number of nitrogens with one attached hydrogen (secondary N) is 2. The number of aryl methyl sites for hydroxylation is 1. The second-order valence-electron chi connectivity index (χ2n) is 3.57. The van der Waals surface area contributed by atoms with Gasteiger partial charge in [-0.15, -0.1) is 0 Å². The van der Waals surface area contributed by atoms with Crippen molar-refractivity contribution < 1.29 is 19.8 Å². The predicted molar refractivity (Wildman–Crippen MR) is 60.7 cm³/mol. The summed E-state index contributed by atoms with van der Waals surface area (Å²) < 4.78 is 0. The van der Waals surface area contributed by atoms with Crippen LogP contribution < -0.4 is 10.6 Å². The van der Waals surface area contributed by atoms with Gasteiger partial charge in [0.1, 0.15) is 0 Å². The smallest absolute Gasteiger partial charge is 0.334 e. The van der Waals surface area contributed by atoms with Crippen molar-refractivity contribution in [3.8, 4) is 0 Å². The number of urea groups is 1. The van der Waals surface area contributed by atoms with Crippen LogP contribution in [0.15, 0.2) is 12.4 Å². The van der Waals surface area contributed by atoms with Crippen LogP contribution in [-0.4, -0.2) is 44.8 Å². The number of aliphatic carboxylic acids is 1. The molecule has 1 heterocycles. The molecule has 0 aromatic carbocycles. The van der Waals surface area contributed by atoms with Crippen molar-refractivity contribution in [3.63, 3.8) is 0 Å². The average molecular weight is 254 g/mol. The molecule has 0 saturated heterocycles. The van der Waals surface area contributed by atoms with Crippen LogP contribution in [0.1, 0.15) is 11.4 Å². The van der Waals surface area contributed by atoms with Crippen LogP contribution in [0.5, 0.6) is 0 Å². The summed E-state index contributed by atoms with van der Waals surface area (Å²) in [6, 6.07) is -0.585. The first-order valence-electron chi connectivity index (χ1n) is 5.19. The summed E-state index contributed by atoms with van der Waals surface area (Å²) in [7, 11) is 0. The summed E-state index contributed by atoms with van der Waals surface area (Å²) in [5.74, 6) is -1.39. The van der Waals surface area contributed by atoms with Crippen LogP contribution in [0.2, 0.25) is 0 Å². The largest absolute Gasteiger partial charge is 0.479 e. The molecule has 18 heavy (non-hydrogen) atoms. The summed E-state index contributed by atoms with van der Waals surface area (Å²) >= 11 is 0. The van der Waals surface area contributed by atoms with Crippen molar-refractivity contribution in [2.75, 3.05) is 6.54 Å². The van der Waals surface area contributed by atoms with Crippen LogP contribution in [0, 0.1) is 6.92 Å². The number of carboxylic acids is 1. The van der Waals surface area contributed by atoms with Gasteiger partial charge in [0.25, 0.3) is 0 Å². The van der Waals surface area contributed by atoms with Crippen LogP contribution in [0.3, 0.4) is 0 Å². The van der Waals surface area contributed by atoms with Gasteiger partial charge in [-0.1, -0.05) is 0 Å². The molecule has 1 rings (SSSR count). The zero-order chi connectivity index (χ0) is 13.5. The number of aliphatic hydroxyl groups is 1. The normalized spacial score (nSPS) is 11.7. The Morgan fingerprint density at radius 1 is 1.33 bits per heavy atom. The molecule has 1 aromatic rings. The number of carboxylic acid groups (broad SMARTS) is 1. The number of hydrogen-bond acceptors (Lipinski definition) is 5. The van der Waals surface area contributed by atoms with Gasteiger partial charge < -0.3 is 20.8 Å². The van der Waals surface area contributed by atoms with E-state index in [1.54, 1.807) is 13.1 Å². The summed E-state index contributed by atoms with van der Waals surface area (Å²) in [5, 5.41) is 22.0. The zero-order valence-corrected chi connectivity index (χ0v) is 9.75. The molecule has 1 unspecified atom stereocenters. The highest BCUT2D eigenvalue weighted by molar-refractivity contribution is 5.76. The van der Waals surface area contributed by atoms with E-state index in [1.165, 1.54) is 6.20 Å². The Kier molecular flexibility index (Phi) is 5.00. The second kappa shape index (κ2) is 6.50. The lowest BCUT2D eigenvalue weighted by Crippen LogP contribution is -2.41. The highest BCUT2D eigenvalue weighted by Gasteiger charge is 2.13. The number of hydrogen-bond donors (Lipinski definition) is 4. The van der Waals surface area contributed by atoms with E-state index in [9.17, 15) is 9.59 Å². The van der Waals surface area contributed by atoms with Gasteiger partial charge in [0.15, 0.2) is 6.10 Å². The van der Waals surface area contributed by atoms with Gasteiger partial charge in [-0.3, -0.25) is 9.97 Å². The van der Waals surface area contributed by atoms with Gasteiger partial charge in [-0.2, -0.15) is 0 Å². The van der Waals surface area contributed by atoms with Crippen LogP contribution in [0.4, 0.5) is 4.79 Å². The number of aromatic nitrogens is 2. The molecule has 0 radical (unpaired) electrons. The van der Waals surface area contributed by atoms with Crippen molar-refractivity contribution in [3.05, 3.63) is 23.8 Å². The standard InChI is InChI=1S/C10H14N4O4/c1-6-2-12-7(3-11-6)4-13-10(18)14-5-8(15)9(16)17/h2-3,8,15H,4-5H2,1H3,(H,16,17)(H2,13,14,18). The third-order valence-electron chi connectivity index (χ3n) is 2.01. The lowest BCUT2D eigenvalue weighted by atomic mass is 10.3. The first kappa shape index (κ1) is 13.8. The monoisotopic (exact) mass is 254 g/mol. The molecule has 0 aliphatic rings. The van der Waals surface area contributed by atoms with Crippen molar-refractivity contribution >= 4 is 12.0 Å². The van der Waals surface area contributed by atoms with Crippen molar-refractivity contribution in [2.45, 2.75) is 19.6 Å². The Labute approximate surface area is 103 Å². The number of aliphatic hydroxyl groups excluding tert-OH is 1. The van der Waals surface area contributed by atoms with E-state index in [4.69, 9.17) is 10.2 Å². The van der Waals surface area contributed by atoms with Crippen LogP contribution >= 0.6 is 0 Å². The van der Waals surface area contributed by atoms with Crippen molar-refractivity contribution in [2.24, 2.45) is 0 Å². The fraction of sp³-hybridized carbons (Fsp3) is 0.400. The molecular formula is C10H14N4O4. The summed E-state index contributed by atoms with van der Waals surface area (Å²) in [4.78, 5) is 29.5. The van der Waals surface area contributed by atoms with Gasteiger partial charge in [-0.25, -0.2) is 9.59 Å². The highest BCUT2D eigenvalue weighted by Crippen LogP contribution is 1.93. The Balaban J connectivity index is 2.29. The topological polar surface area (TPSA) is 124 Å². The summed E-state index contributed by atoms with van der Waals surface area (Å²) in [5.41, 5.74) is 1.35. The third kappa shape index (κ3) is 4.74. The Hall–Kier alpha value is -2.22. The SMILES string of the molecule is Cc1cnc(CNC(=O)NCC(O)C(=O)O)cn1. The number of amides is 2. The first-order chi connectivity index (χ1) is 8.49. The fourth-order valence-electron chi connectivity index (χ4n) is 1.02. The van der Waals surface area contributed by atoms with E-state index >= 15 is 0 Å². The van der Waals surface area contributed by atoms with Gasteiger partial charge in [0.2, 0.25) is 0 Å². The van der Waals surface area contributed by atoms with E-state index in [0.29, 0.717) is 5.69 Å². The van der Waals surface area contributed by atoms with E-state index in [1.807, 2.05) is 0 Å². The fourth-order valence-corrected chi connectivity index (χ4v) is 1.02. The Morgan fingerprint density at radius 3 is 2.61 bits per heavy atom. The molecule has 8 nitrogen and oxygen atoms in total. The zero-order valence-electron chi connectivity index (χ0n) is 9.75. The molecule has 0 fully saturated rings. The Bertz CT molecular complexity index is 420. The van der Waals surface area contributed by atoms with Gasteiger partial charge >= 0.3 is 12.0 Å². The molecular weight excluding hydrogens is 240 g/mol. The maximum atomic E-state index is 11.2. The van der Waals surface area contributed by atoms with E-state index in [-0.39, 0.29) is 13.1 Å². The molecule has 8 heteroatoms. The average Bonchev–Trinajstić information content (AvgIpc) is 2.35. The molecule has 0 aliphatic heterocycles. The molecule has 4 N–H and O–H groups in total. The second-order valence-corrected chi connectivity index (χ2v) is 3.57. The van der Waals surface area contributed by atoms with E-state index in [0.717, 1.165) is 5.69 Å². The highest BCUT2D eigenvalue weighted by atomic mass is 16.4. The molecule has 1 aromatic heterocycles. The number of carbonyl (C=O) groups excluding carboxylic acids is 1. The molecule has 0 spiro atoms. The molecule has 2 amide bonds. The molecule has 0 saturated carbocycles. The van der Waals surface area contributed by atoms with Gasteiger partial charge in [0.05, 0.1) is 30.7 Å². The maximum absolute atomic E-state index is 11.2. The lowest BCUT2D eigenvalue weighted by molar-refractivity contribution is -0.146. The van der Waals surface area contributed by atoms with Gasteiger partial charge in [0, 0.05) is 6.20 Å². The molecule has 0 aliphatic carbocycles. The quantitative estimate of drug-likeness (QED) is 0.536. The van der Waals surface area contributed by atoms with Crippen molar-refractivity contribution in [1.82, 2.24) is 20.6 Å². The first-order valence-corrected chi connectivity index (χ1v) is 5.19. The van der Waals surface area contributed by atoms with E-state index in [2.05, 4.69) is 20.6 Å². The number of rotatable bonds is 5. The summed E-state index contributed by atoms with van der Waals surface area (Å²) in [6.45, 7) is 1.60. The van der Waals surface area contributed by atoms with Crippen LogP contribution in [0.25, 0.3) is 0 Å². The van der Waals surface area contributed by atoms with E-state index < -0.39 is 18.1 Å². The lowest BCUT2D eigenvalue weighted by Gasteiger charge is -2.09. The third-order valence-corrected chi connectivity index (χ3v) is 2.01. The number of nitrogens with zero attached hydrogens (tertiary/aromatic N) is 2. The minimum Gasteiger partial charge on any atom is -0.479 e.